The fraction of sp³-hybridized carbons (Fsp3) is 0.929. The fourth-order valence-corrected chi connectivity index (χ4v) is 2.23. The Labute approximate surface area is 110 Å². The number of carbonyl (C=O) groups is 1. The topological polar surface area (TPSA) is 41.6 Å². The van der Waals surface area contributed by atoms with Gasteiger partial charge in [-0.2, -0.15) is 0 Å². The number of hydrogen-bond acceptors (Lipinski definition) is 4. The van der Waals surface area contributed by atoms with E-state index in [1.165, 1.54) is 25.7 Å². The Kier molecular flexibility index (Phi) is 5.01. The summed E-state index contributed by atoms with van der Waals surface area (Å²) in [6, 6.07) is 0.398. The van der Waals surface area contributed by atoms with Crippen molar-refractivity contribution in [3.8, 4) is 0 Å². The van der Waals surface area contributed by atoms with E-state index in [1.54, 1.807) is 0 Å². The molecule has 0 amide bonds. The average Bonchev–Trinajstić information content (AvgIpc) is 3.22. The minimum atomic E-state index is -0.142. The Bertz CT molecular complexity index is 275. The van der Waals surface area contributed by atoms with E-state index in [4.69, 9.17) is 4.74 Å². The first-order valence-electron chi connectivity index (χ1n) is 7.38. The number of rotatable bonds is 9. The van der Waals surface area contributed by atoms with Crippen molar-refractivity contribution >= 4 is 5.97 Å². The van der Waals surface area contributed by atoms with E-state index in [9.17, 15) is 4.79 Å². The fourth-order valence-electron chi connectivity index (χ4n) is 2.23. The molecule has 2 aliphatic carbocycles. The van der Waals surface area contributed by atoms with Gasteiger partial charge in [-0.15, -0.1) is 0 Å². The second-order valence-electron chi connectivity index (χ2n) is 5.54. The van der Waals surface area contributed by atoms with Crippen molar-refractivity contribution in [3.05, 3.63) is 0 Å². The van der Waals surface area contributed by atoms with Gasteiger partial charge < -0.3 is 15.0 Å². The van der Waals surface area contributed by atoms with Gasteiger partial charge in [-0.25, -0.2) is 0 Å². The number of likely N-dealkylation sites (N-methyl/N-ethyl adjacent to an activating group) is 1. The van der Waals surface area contributed by atoms with E-state index in [0.29, 0.717) is 12.6 Å². The predicted molar refractivity (Wildman–Crippen MR) is 71.4 cm³/mol. The lowest BCUT2D eigenvalue weighted by Crippen LogP contribution is -2.48. The van der Waals surface area contributed by atoms with Gasteiger partial charge in [0.1, 0.15) is 6.04 Å². The summed E-state index contributed by atoms with van der Waals surface area (Å²) in [5.41, 5.74) is 0. The van der Waals surface area contributed by atoms with Gasteiger partial charge in [0.25, 0.3) is 0 Å². The molecule has 0 spiro atoms. The van der Waals surface area contributed by atoms with Crippen LogP contribution in [0.25, 0.3) is 0 Å². The molecule has 1 N–H and O–H groups in total. The highest BCUT2D eigenvalue weighted by atomic mass is 16.5. The molecule has 2 fully saturated rings. The van der Waals surface area contributed by atoms with Gasteiger partial charge in [0, 0.05) is 19.1 Å². The number of hydrogen-bond donors (Lipinski definition) is 1. The van der Waals surface area contributed by atoms with Crippen LogP contribution in [0.3, 0.4) is 0 Å². The third kappa shape index (κ3) is 4.58. The lowest BCUT2D eigenvalue weighted by molar-refractivity contribution is -0.146. The van der Waals surface area contributed by atoms with Crippen molar-refractivity contribution in [2.75, 3.05) is 26.2 Å². The first-order valence-corrected chi connectivity index (χ1v) is 7.38. The van der Waals surface area contributed by atoms with Crippen LogP contribution in [0.1, 0.15) is 39.5 Å². The lowest BCUT2D eigenvalue weighted by atomic mass is 10.2. The Morgan fingerprint density at radius 3 is 2.56 bits per heavy atom. The maximum absolute atomic E-state index is 11.9. The van der Waals surface area contributed by atoms with Gasteiger partial charge in [0.15, 0.2) is 0 Å². The Morgan fingerprint density at radius 1 is 1.33 bits per heavy atom. The number of ether oxygens (including phenoxy) is 1. The third-order valence-corrected chi connectivity index (χ3v) is 3.69. The molecule has 2 rings (SSSR count). The molecule has 4 heteroatoms. The normalized spacial score (nSPS) is 21.1. The molecule has 18 heavy (non-hydrogen) atoms. The zero-order valence-electron chi connectivity index (χ0n) is 11.7. The number of nitrogens with zero attached hydrogens (tertiary/aromatic N) is 1. The van der Waals surface area contributed by atoms with Crippen LogP contribution < -0.4 is 5.32 Å². The second-order valence-corrected chi connectivity index (χ2v) is 5.54. The summed E-state index contributed by atoms with van der Waals surface area (Å²) in [5.74, 6) is 0.785. The first kappa shape index (κ1) is 13.8. The van der Waals surface area contributed by atoms with E-state index in [1.807, 2.05) is 6.92 Å². The van der Waals surface area contributed by atoms with Crippen molar-refractivity contribution < 1.29 is 9.53 Å². The van der Waals surface area contributed by atoms with Crippen LogP contribution in [0.2, 0.25) is 0 Å². The molecule has 2 aliphatic rings. The van der Waals surface area contributed by atoms with Crippen LogP contribution in [-0.2, 0) is 9.53 Å². The number of carbonyl (C=O) groups excluding carboxylic acids is 1. The van der Waals surface area contributed by atoms with Crippen molar-refractivity contribution in [1.82, 2.24) is 10.2 Å². The van der Waals surface area contributed by atoms with E-state index in [-0.39, 0.29) is 12.0 Å². The molecule has 1 unspecified atom stereocenters. The van der Waals surface area contributed by atoms with Crippen LogP contribution >= 0.6 is 0 Å². The highest BCUT2D eigenvalue weighted by Gasteiger charge is 2.31. The van der Waals surface area contributed by atoms with Crippen molar-refractivity contribution in [2.24, 2.45) is 5.92 Å². The molecular weight excluding hydrogens is 228 g/mol. The summed E-state index contributed by atoms with van der Waals surface area (Å²) in [5, 5.41) is 3.42. The van der Waals surface area contributed by atoms with Gasteiger partial charge in [0.05, 0.1) is 6.61 Å². The summed E-state index contributed by atoms with van der Waals surface area (Å²) in [6.07, 6.45) is 5.11. The summed E-state index contributed by atoms with van der Waals surface area (Å²) in [6.45, 7) is 7.45. The molecule has 0 aromatic carbocycles. The highest BCUT2D eigenvalue weighted by Crippen LogP contribution is 2.29. The summed E-state index contributed by atoms with van der Waals surface area (Å²) < 4.78 is 5.17. The molecular formula is C14H26N2O2. The molecule has 0 aliphatic heterocycles. The number of nitrogens with one attached hydrogen (secondary N) is 1. The van der Waals surface area contributed by atoms with Crippen LogP contribution in [0.4, 0.5) is 0 Å². The van der Waals surface area contributed by atoms with Crippen LogP contribution in [-0.4, -0.2) is 49.2 Å². The molecule has 0 aromatic rings. The predicted octanol–water partition coefficient (Wildman–Crippen LogP) is 1.40. The monoisotopic (exact) mass is 254 g/mol. The van der Waals surface area contributed by atoms with Gasteiger partial charge in [-0.05, 0) is 45.1 Å². The summed E-state index contributed by atoms with van der Waals surface area (Å²) in [4.78, 5) is 14.3. The standard InChI is InChI=1S/C14H26N2O2/c1-3-16(9-11-5-6-11)10-13(14(17)18-4-2)15-12-7-8-12/h11-13,15H,3-10H2,1-2H3. The molecule has 1 atom stereocenters. The molecule has 0 radical (unpaired) electrons. The molecule has 2 saturated carbocycles. The van der Waals surface area contributed by atoms with Gasteiger partial charge in [-0.1, -0.05) is 6.92 Å². The third-order valence-electron chi connectivity index (χ3n) is 3.69. The maximum atomic E-state index is 11.9. The van der Waals surface area contributed by atoms with Crippen LogP contribution in [0, 0.1) is 5.92 Å². The molecule has 0 saturated heterocycles. The Balaban J connectivity index is 1.82. The van der Waals surface area contributed by atoms with Crippen molar-refractivity contribution in [2.45, 2.75) is 51.6 Å². The van der Waals surface area contributed by atoms with Gasteiger partial charge in [-0.3, -0.25) is 4.79 Å². The second kappa shape index (κ2) is 6.53. The largest absolute Gasteiger partial charge is 0.465 e. The molecule has 4 nitrogen and oxygen atoms in total. The van der Waals surface area contributed by atoms with E-state index >= 15 is 0 Å². The zero-order valence-corrected chi connectivity index (χ0v) is 11.7. The van der Waals surface area contributed by atoms with Crippen LogP contribution in [0.15, 0.2) is 0 Å². The van der Waals surface area contributed by atoms with Crippen LogP contribution in [0.5, 0.6) is 0 Å². The Hall–Kier alpha value is -0.610. The molecule has 0 aromatic heterocycles. The summed E-state index contributed by atoms with van der Waals surface area (Å²) >= 11 is 0. The number of esters is 1. The summed E-state index contributed by atoms with van der Waals surface area (Å²) in [7, 11) is 0. The SMILES string of the molecule is CCOC(=O)C(CN(CC)CC1CC1)NC1CC1. The van der Waals surface area contributed by atoms with E-state index in [2.05, 4.69) is 17.1 Å². The molecule has 104 valence electrons. The smallest absolute Gasteiger partial charge is 0.324 e. The minimum absolute atomic E-state index is 0.0846. The minimum Gasteiger partial charge on any atom is -0.465 e. The van der Waals surface area contributed by atoms with Crippen molar-refractivity contribution in [3.63, 3.8) is 0 Å². The Morgan fingerprint density at radius 2 is 2.06 bits per heavy atom. The average molecular weight is 254 g/mol. The molecule has 0 heterocycles. The lowest BCUT2D eigenvalue weighted by Gasteiger charge is -2.26. The molecule has 0 bridgehead atoms. The maximum Gasteiger partial charge on any atom is 0.324 e. The van der Waals surface area contributed by atoms with E-state index < -0.39 is 0 Å². The highest BCUT2D eigenvalue weighted by molar-refractivity contribution is 5.76. The zero-order chi connectivity index (χ0) is 13.0. The van der Waals surface area contributed by atoms with E-state index in [0.717, 1.165) is 25.6 Å². The quantitative estimate of drug-likeness (QED) is 0.632. The van der Waals surface area contributed by atoms with Crippen molar-refractivity contribution in [1.29, 1.82) is 0 Å². The van der Waals surface area contributed by atoms with Gasteiger partial charge >= 0.3 is 5.97 Å². The van der Waals surface area contributed by atoms with Gasteiger partial charge in [0.2, 0.25) is 0 Å². The first-order chi connectivity index (χ1) is 8.72.